The number of hydrogen-bond acceptors (Lipinski definition) is 3. The van der Waals surface area contributed by atoms with Crippen LogP contribution in [0, 0.1) is 17.8 Å². The molecule has 0 unspecified atom stereocenters. The van der Waals surface area contributed by atoms with Crippen LogP contribution < -0.4 is 4.74 Å². The highest BCUT2D eigenvalue weighted by Gasteiger charge is 2.50. The Morgan fingerprint density at radius 3 is 2.39 bits per heavy atom. The Balaban J connectivity index is 1.62. The first-order chi connectivity index (χ1) is 11.1. The van der Waals surface area contributed by atoms with Gasteiger partial charge in [0.2, 0.25) is 0 Å². The van der Waals surface area contributed by atoms with Gasteiger partial charge in [0, 0.05) is 22.9 Å². The fraction of sp³-hybridized carbons (Fsp3) is 0.632. The lowest BCUT2D eigenvalue weighted by atomic mass is 9.53. The van der Waals surface area contributed by atoms with Crippen molar-refractivity contribution in [1.82, 2.24) is 0 Å². The van der Waals surface area contributed by atoms with Crippen molar-refractivity contribution >= 4 is 17.8 Å². The number of aliphatic imine (C=N–C) groups is 1. The Bertz CT molecular complexity index is 605. The van der Waals surface area contributed by atoms with Gasteiger partial charge in [0.25, 0.3) is 0 Å². The molecule has 5 rings (SSSR count). The highest BCUT2D eigenvalue weighted by Crippen LogP contribution is 2.57. The molecule has 0 spiro atoms. The zero-order valence-electron chi connectivity index (χ0n) is 13.6. The van der Waals surface area contributed by atoms with Gasteiger partial charge >= 0.3 is 0 Å². The molecular formula is C19H24ClNO2. The third-order valence-corrected chi connectivity index (χ3v) is 6.07. The highest BCUT2D eigenvalue weighted by atomic mass is 35.5. The van der Waals surface area contributed by atoms with E-state index in [2.05, 4.69) is 0 Å². The van der Waals surface area contributed by atoms with E-state index < -0.39 is 0 Å². The van der Waals surface area contributed by atoms with Crippen molar-refractivity contribution in [2.75, 3.05) is 6.61 Å². The largest absolute Gasteiger partial charge is 0.504 e. The maximum absolute atomic E-state index is 10.4. The van der Waals surface area contributed by atoms with Crippen LogP contribution in [0.5, 0.6) is 11.5 Å². The molecule has 0 aliphatic heterocycles. The summed E-state index contributed by atoms with van der Waals surface area (Å²) >= 11 is 6.16. The van der Waals surface area contributed by atoms with Gasteiger partial charge in [-0.2, -0.15) is 0 Å². The van der Waals surface area contributed by atoms with Gasteiger partial charge in [-0.25, -0.2) is 0 Å². The summed E-state index contributed by atoms with van der Waals surface area (Å²) in [5.41, 5.74) is 0.770. The molecule has 0 atom stereocenters. The minimum Gasteiger partial charge on any atom is -0.504 e. The monoisotopic (exact) mass is 333 g/mol. The van der Waals surface area contributed by atoms with Crippen LogP contribution in [0.2, 0.25) is 5.02 Å². The summed E-state index contributed by atoms with van der Waals surface area (Å²) in [7, 11) is 0. The summed E-state index contributed by atoms with van der Waals surface area (Å²) in [5.74, 6) is 3.18. The second-order valence-corrected chi connectivity index (χ2v) is 8.11. The molecule has 0 radical (unpaired) electrons. The number of benzene rings is 1. The first-order valence-electron chi connectivity index (χ1n) is 8.77. The molecule has 4 saturated carbocycles. The first-order valence-corrected chi connectivity index (χ1v) is 9.15. The van der Waals surface area contributed by atoms with E-state index in [1.807, 2.05) is 13.1 Å². The van der Waals surface area contributed by atoms with Crippen LogP contribution in [0.1, 0.15) is 51.0 Å². The fourth-order valence-electron chi connectivity index (χ4n) is 5.39. The zero-order chi connectivity index (χ0) is 16.0. The van der Waals surface area contributed by atoms with Gasteiger partial charge in [-0.1, -0.05) is 11.6 Å². The number of nitrogens with zero attached hydrogens (tertiary/aromatic N) is 1. The molecule has 23 heavy (non-hydrogen) atoms. The number of phenols is 1. The van der Waals surface area contributed by atoms with Crippen molar-refractivity contribution < 1.29 is 9.84 Å². The molecule has 0 heterocycles. The standard InChI is InChI=1S/C19H24ClNO2/c1-2-23-17-7-16(20)6-15(18(17)22)11-21-19-8-12-3-13(9-19)5-14(4-12)10-19/h6-7,11-14,22H,2-5,8-10H2,1H3. The molecular weight excluding hydrogens is 310 g/mol. The van der Waals surface area contributed by atoms with E-state index in [-0.39, 0.29) is 11.3 Å². The predicted octanol–water partition coefficient (Wildman–Crippen LogP) is 4.83. The van der Waals surface area contributed by atoms with Gasteiger partial charge in [0.1, 0.15) is 0 Å². The van der Waals surface area contributed by atoms with Gasteiger partial charge < -0.3 is 9.84 Å². The summed E-state index contributed by atoms with van der Waals surface area (Å²) < 4.78 is 5.46. The fourth-order valence-corrected chi connectivity index (χ4v) is 5.60. The lowest BCUT2D eigenvalue weighted by Gasteiger charge is -2.54. The number of halogens is 1. The number of hydrogen-bond donors (Lipinski definition) is 1. The lowest BCUT2D eigenvalue weighted by Crippen LogP contribution is -2.49. The van der Waals surface area contributed by atoms with Crippen molar-refractivity contribution in [3.8, 4) is 11.5 Å². The molecule has 1 N–H and O–H groups in total. The minimum atomic E-state index is 0.106. The molecule has 0 amide bonds. The summed E-state index contributed by atoms with van der Waals surface area (Å²) in [6.45, 7) is 2.39. The molecule has 0 aromatic heterocycles. The zero-order valence-corrected chi connectivity index (χ0v) is 14.4. The van der Waals surface area contributed by atoms with E-state index >= 15 is 0 Å². The molecule has 124 valence electrons. The van der Waals surface area contributed by atoms with E-state index in [0.29, 0.717) is 22.9 Å². The van der Waals surface area contributed by atoms with Crippen LogP contribution >= 0.6 is 11.6 Å². The molecule has 1 aromatic carbocycles. The average molecular weight is 334 g/mol. The second kappa shape index (κ2) is 5.70. The number of aromatic hydroxyl groups is 1. The van der Waals surface area contributed by atoms with Gasteiger partial charge in [-0.05, 0) is 69.3 Å². The number of phenolic OH excluding ortho intramolecular Hbond substituents is 1. The molecule has 4 aliphatic carbocycles. The van der Waals surface area contributed by atoms with Crippen LogP contribution in [-0.2, 0) is 0 Å². The topological polar surface area (TPSA) is 41.8 Å². The first kappa shape index (κ1) is 15.3. The van der Waals surface area contributed by atoms with E-state index in [0.717, 1.165) is 17.8 Å². The lowest BCUT2D eigenvalue weighted by molar-refractivity contribution is 0.00194. The molecule has 0 saturated heterocycles. The molecule has 4 bridgehead atoms. The van der Waals surface area contributed by atoms with Crippen LogP contribution in [0.25, 0.3) is 0 Å². The number of rotatable bonds is 4. The van der Waals surface area contributed by atoms with Crippen molar-refractivity contribution in [2.24, 2.45) is 22.7 Å². The third kappa shape index (κ3) is 2.84. The van der Waals surface area contributed by atoms with Crippen molar-refractivity contribution in [3.63, 3.8) is 0 Å². The minimum absolute atomic E-state index is 0.106. The van der Waals surface area contributed by atoms with Crippen LogP contribution in [0.15, 0.2) is 17.1 Å². The Morgan fingerprint density at radius 1 is 1.22 bits per heavy atom. The van der Waals surface area contributed by atoms with Crippen LogP contribution in [-0.4, -0.2) is 23.5 Å². The molecule has 1 aromatic rings. The van der Waals surface area contributed by atoms with E-state index in [4.69, 9.17) is 21.3 Å². The SMILES string of the molecule is CCOc1cc(Cl)cc(C=NC23CC4CC(CC(C4)C2)C3)c1O. The van der Waals surface area contributed by atoms with Crippen molar-refractivity contribution in [2.45, 2.75) is 51.0 Å². The van der Waals surface area contributed by atoms with Crippen molar-refractivity contribution in [1.29, 1.82) is 0 Å². The molecule has 4 heteroatoms. The molecule has 4 aliphatic rings. The Kier molecular flexibility index (Phi) is 3.79. The second-order valence-electron chi connectivity index (χ2n) is 7.67. The molecule has 4 fully saturated rings. The smallest absolute Gasteiger partial charge is 0.166 e. The van der Waals surface area contributed by atoms with E-state index in [1.54, 1.807) is 12.1 Å². The quantitative estimate of drug-likeness (QED) is 0.802. The Labute approximate surface area is 142 Å². The van der Waals surface area contributed by atoms with Gasteiger partial charge in [-0.3, -0.25) is 4.99 Å². The van der Waals surface area contributed by atoms with Gasteiger partial charge in [0.05, 0.1) is 12.1 Å². The van der Waals surface area contributed by atoms with E-state index in [1.165, 1.54) is 38.5 Å². The Morgan fingerprint density at radius 2 is 1.83 bits per heavy atom. The van der Waals surface area contributed by atoms with Crippen molar-refractivity contribution in [3.05, 3.63) is 22.7 Å². The van der Waals surface area contributed by atoms with Gasteiger partial charge in [-0.15, -0.1) is 0 Å². The maximum Gasteiger partial charge on any atom is 0.166 e. The molecule has 3 nitrogen and oxygen atoms in total. The Hall–Kier alpha value is -1.22. The van der Waals surface area contributed by atoms with Crippen LogP contribution in [0.4, 0.5) is 0 Å². The van der Waals surface area contributed by atoms with Gasteiger partial charge in [0.15, 0.2) is 11.5 Å². The summed E-state index contributed by atoms with van der Waals surface area (Å²) in [5, 5.41) is 11.0. The van der Waals surface area contributed by atoms with Crippen LogP contribution in [0.3, 0.4) is 0 Å². The normalized spacial score (nSPS) is 35.1. The third-order valence-electron chi connectivity index (χ3n) is 5.85. The van der Waals surface area contributed by atoms with E-state index in [9.17, 15) is 5.11 Å². The average Bonchev–Trinajstić information content (AvgIpc) is 2.48. The summed E-state index contributed by atoms with van der Waals surface area (Å²) in [6.07, 6.45) is 9.71. The predicted molar refractivity (Wildman–Crippen MR) is 92.8 cm³/mol. The number of ether oxygens (including phenoxy) is 1. The summed E-state index contributed by atoms with van der Waals surface area (Å²) in [4.78, 5) is 4.99. The highest BCUT2D eigenvalue weighted by molar-refractivity contribution is 6.31. The summed E-state index contributed by atoms with van der Waals surface area (Å²) in [6, 6.07) is 3.42. The maximum atomic E-state index is 10.4.